The number of allylic oxidation sites excluding steroid dienone is 4. The molecule has 0 amide bonds. The van der Waals surface area contributed by atoms with E-state index in [1.807, 2.05) is 0 Å². The second-order valence-electron chi connectivity index (χ2n) is 14.8. The second kappa shape index (κ2) is 14.5. The maximum Gasteiger partial charge on any atom is 0.0541 e. The Labute approximate surface area is 333 Å². The summed E-state index contributed by atoms with van der Waals surface area (Å²) in [6, 6.07) is 68.9. The summed E-state index contributed by atoms with van der Waals surface area (Å²) in [5.74, 6) is 0. The van der Waals surface area contributed by atoms with Crippen LogP contribution >= 0.6 is 0 Å². The van der Waals surface area contributed by atoms with Crippen LogP contribution in [-0.4, -0.2) is 9.13 Å². The Bertz CT molecular complexity index is 3140. The molecule has 2 nitrogen and oxygen atoms in total. The zero-order valence-corrected chi connectivity index (χ0v) is 32.2. The topological polar surface area (TPSA) is 9.86 Å². The van der Waals surface area contributed by atoms with Crippen LogP contribution < -0.4 is 0 Å². The van der Waals surface area contributed by atoms with Gasteiger partial charge in [-0.2, -0.15) is 0 Å². The van der Waals surface area contributed by atoms with Gasteiger partial charge >= 0.3 is 0 Å². The number of para-hydroxylation sites is 2. The van der Waals surface area contributed by atoms with E-state index in [1.54, 1.807) is 0 Å². The van der Waals surface area contributed by atoms with Crippen molar-refractivity contribution in [2.45, 2.75) is 20.3 Å². The highest BCUT2D eigenvalue weighted by Gasteiger charge is 2.18. The van der Waals surface area contributed by atoms with Gasteiger partial charge < -0.3 is 9.13 Å². The fourth-order valence-electron chi connectivity index (χ4n) is 8.68. The maximum atomic E-state index is 2.47. The quantitative estimate of drug-likeness (QED) is 0.138. The fourth-order valence-corrected chi connectivity index (χ4v) is 8.68. The predicted octanol–water partition coefficient (Wildman–Crippen LogP) is 15.3. The molecule has 272 valence electrons. The minimum absolute atomic E-state index is 0.962. The summed E-state index contributed by atoms with van der Waals surface area (Å²) in [6.45, 7) is 4.30. The van der Waals surface area contributed by atoms with Crippen LogP contribution in [0.4, 0.5) is 0 Å². The number of benzene rings is 8. The fraction of sp³-hybridized carbons (Fsp3) is 0.0545. The van der Waals surface area contributed by atoms with E-state index in [2.05, 4.69) is 229 Å². The predicted molar refractivity (Wildman–Crippen MR) is 245 cm³/mol. The summed E-state index contributed by atoms with van der Waals surface area (Å²) < 4.78 is 4.85. The monoisotopic (exact) mass is 730 g/mol. The number of rotatable bonds is 8. The zero-order valence-electron chi connectivity index (χ0n) is 32.2. The van der Waals surface area contributed by atoms with Gasteiger partial charge in [-0.15, -0.1) is 0 Å². The van der Waals surface area contributed by atoms with Gasteiger partial charge in [-0.05, 0) is 131 Å². The summed E-state index contributed by atoms with van der Waals surface area (Å²) in [6.07, 6.45) is 7.66. The molecule has 0 spiro atoms. The van der Waals surface area contributed by atoms with E-state index in [0.29, 0.717) is 0 Å². The molecule has 0 saturated carbocycles. The van der Waals surface area contributed by atoms with Crippen molar-refractivity contribution >= 4 is 49.2 Å². The Kier molecular flexibility index (Phi) is 8.73. The molecule has 0 aliphatic heterocycles. The smallest absolute Gasteiger partial charge is 0.0541 e. The lowest BCUT2D eigenvalue weighted by atomic mass is 9.97. The summed E-state index contributed by atoms with van der Waals surface area (Å²) >= 11 is 0. The van der Waals surface area contributed by atoms with Gasteiger partial charge in [-0.3, -0.25) is 0 Å². The van der Waals surface area contributed by atoms with Gasteiger partial charge in [-0.1, -0.05) is 140 Å². The molecule has 0 radical (unpaired) electrons. The molecule has 0 aliphatic carbocycles. The molecule has 0 bridgehead atoms. The maximum absolute atomic E-state index is 2.47. The number of aromatic nitrogens is 2. The third-order valence-electron chi connectivity index (χ3n) is 11.3. The molecular weight excluding hydrogens is 689 g/mol. The van der Waals surface area contributed by atoms with E-state index in [-0.39, 0.29) is 0 Å². The number of fused-ring (bicyclic) bond motifs is 6. The Hall–Kier alpha value is -7.16. The van der Waals surface area contributed by atoms with Gasteiger partial charge in [0.25, 0.3) is 0 Å². The van der Waals surface area contributed by atoms with Crippen molar-refractivity contribution in [1.29, 1.82) is 0 Å². The molecular formula is C55H42N2. The van der Waals surface area contributed by atoms with Gasteiger partial charge in [0.2, 0.25) is 0 Å². The number of nitrogens with zero attached hydrogens (tertiary/aromatic N) is 2. The largest absolute Gasteiger partial charge is 0.309 e. The van der Waals surface area contributed by atoms with E-state index in [0.717, 1.165) is 12.1 Å². The van der Waals surface area contributed by atoms with Gasteiger partial charge in [0, 0.05) is 32.9 Å². The van der Waals surface area contributed by atoms with Crippen molar-refractivity contribution in [3.63, 3.8) is 0 Å². The van der Waals surface area contributed by atoms with Crippen LogP contribution in [0.3, 0.4) is 0 Å². The lowest BCUT2D eigenvalue weighted by Crippen LogP contribution is -1.97. The lowest BCUT2D eigenvalue weighted by Gasteiger charge is -2.15. The first-order valence-corrected chi connectivity index (χ1v) is 20.0. The minimum Gasteiger partial charge on any atom is -0.309 e. The summed E-state index contributed by atoms with van der Waals surface area (Å²) in [5, 5.41) is 4.98. The Balaban J connectivity index is 1.21. The standard InChI is InChI=1S/C55H42N2/c1-3-16-38(17-4-2)44-32-45(40-20-10-6-11-21-40)34-47(33-44)57-54-29-26-41(39-18-8-5-9-19-39)35-50(54)51-37-43(28-31-55(51)57)42-27-30-53-49(36-42)48-24-14-15-25-52(48)56(53)46-22-12-7-13-23-46/h3,5-37H,4H2,1-2H3/b16-3-,38-17+. The molecule has 2 aromatic heterocycles. The number of hydrogen-bond donors (Lipinski definition) is 0. The van der Waals surface area contributed by atoms with Gasteiger partial charge in [0.15, 0.2) is 0 Å². The molecule has 0 aliphatic rings. The van der Waals surface area contributed by atoms with Crippen LogP contribution in [-0.2, 0) is 0 Å². The molecule has 10 rings (SSSR count). The summed E-state index contributed by atoms with van der Waals surface area (Å²) in [4.78, 5) is 0. The molecule has 0 atom stereocenters. The molecule has 57 heavy (non-hydrogen) atoms. The molecule has 10 aromatic rings. The van der Waals surface area contributed by atoms with Crippen molar-refractivity contribution in [3.05, 3.63) is 212 Å². The zero-order chi connectivity index (χ0) is 38.3. The normalized spacial score (nSPS) is 12.1. The Morgan fingerprint density at radius 2 is 0.877 bits per heavy atom. The highest BCUT2D eigenvalue weighted by atomic mass is 15.0. The van der Waals surface area contributed by atoms with Crippen molar-refractivity contribution in [3.8, 4) is 44.8 Å². The van der Waals surface area contributed by atoms with Crippen LogP contribution in [0.15, 0.2) is 206 Å². The van der Waals surface area contributed by atoms with E-state index in [1.165, 1.54) is 93.8 Å². The van der Waals surface area contributed by atoms with Crippen LogP contribution in [0.5, 0.6) is 0 Å². The van der Waals surface area contributed by atoms with E-state index in [4.69, 9.17) is 0 Å². The van der Waals surface area contributed by atoms with Crippen LogP contribution in [0.1, 0.15) is 25.8 Å². The minimum atomic E-state index is 0.962. The average molecular weight is 731 g/mol. The first-order valence-electron chi connectivity index (χ1n) is 20.0. The third kappa shape index (κ3) is 6.07. The van der Waals surface area contributed by atoms with E-state index < -0.39 is 0 Å². The molecule has 8 aromatic carbocycles. The Morgan fingerprint density at radius 1 is 0.404 bits per heavy atom. The third-order valence-corrected chi connectivity index (χ3v) is 11.3. The van der Waals surface area contributed by atoms with E-state index in [9.17, 15) is 0 Å². The number of hydrogen-bond acceptors (Lipinski definition) is 0. The average Bonchev–Trinajstić information content (AvgIpc) is 3.79. The lowest BCUT2D eigenvalue weighted by molar-refractivity contribution is 1.18. The van der Waals surface area contributed by atoms with Crippen molar-refractivity contribution in [2.24, 2.45) is 0 Å². The first kappa shape index (κ1) is 34.3. The van der Waals surface area contributed by atoms with Gasteiger partial charge in [-0.25, -0.2) is 0 Å². The summed E-state index contributed by atoms with van der Waals surface area (Å²) in [7, 11) is 0. The van der Waals surface area contributed by atoms with E-state index >= 15 is 0 Å². The van der Waals surface area contributed by atoms with Crippen LogP contribution in [0.2, 0.25) is 0 Å². The molecule has 0 unspecified atom stereocenters. The van der Waals surface area contributed by atoms with Crippen molar-refractivity contribution in [2.75, 3.05) is 0 Å². The van der Waals surface area contributed by atoms with Crippen molar-refractivity contribution < 1.29 is 0 Å². The Morgan fingerprint density at radius 3 is 1.46 bits per heavy atom. The second-order valence-corrected chi connectivity index (χ2v) is 14.8. The highest BCUT2D eigenvalue weighted by Crippen LogP contribution is 2.40. The molecule has 0 fully saturated rings. The van der Waals surface area contributed by atoms with Gasteiger partial charge in [0.1, 0.15) is 0 Å². The molecule has 2 heteroatoms. The van der Waals surface area contributed by atoms with Crippen molar-refractivity contribution in [1.82, 2.24) is 9.13 Å². The first-order chi connectivity index (χ1) is 28.2. The van der Waals surface area contributed by atoms with Gasteiger partial charge in [0.05, 0.1) is 22.1 Å². The van der Waals surface area contributed by atoms with Crippen LogP contribution in [0.25, 0.3) is 93.9 Å². The molecule has 2 heterocycles. The molecule has 0 N–H and O–H groups in total. The summed E-state index contributed by atoms with van der Waals surface area (Å²) in [5.41, 5.74) is 16.8. The molecule has 0 saturated heterocycles. The highest BCUT2D eigenvalue weighted by molar-refractivity contribution is 6.13. The van der Waals surface area contributed by atoms with Crippen LogP contribution in [0, 0.1) is 0 Å². The SMILES string of the molecule is C/C=C\C(=C/CC)c1cc(-c2ccccc2)cc(-n2c3ccc(-c4ccccc4)cc3c3cc(-c4ccc5c(c4)c4ccccc4n5-c4ccccc4)ccc32)c1.